The Morgan fingerprint density at radius 3 is 2.68 bits per heavy atom. The molecule has 0 saturated heterocycles. The van der Waals surface area contributed by atoms with Gasteiger partial charge in [0.1, 0.15) is 4.21 Å². The number of thiophene rings is 1. The van der Waals surface area contributed by atoms with Crippen LogP contribution in [0.3, 0.4) is 0 Å². The second-order valence-corrected chi connectivity index (χ2v) is 7.57. The monoisotopic (exact) mass is 334 g/mol. The van der Waals surface area contributed by atoms with Crippen LogP contribution in [0.5, 0.6) is 0 Å². The third-order valence-electron chi connectivity index (χ3n) is 3.05. The molecular weight excluding hydrogens is 320 g/mol. The van der Waals surface area contributed by atoms with E-state index in [1.165, 1.54) is 11.3 Å². The molecule has 0 bridgehead atoms. The fraction of sp³-hybridized carbons (Fsp3) is 0.133. The normalized spacial score (nSPS) is 11.6. The minimum atomic E-state index is -3.42. The maximum atomic E-state index is 12.0. The second-order valence-electron chi connectivity index (χ2n) is 4.63. The molecule has 2 aromatic heterocycles. The highest BCUT2D eigenvalue weighted by Crippen LogP contribution is 2.20. The maximum absolute atomic E-state index is 12.0. The van der Waals surface area contributed by atoms with E-state index >= 15 is 0 Å². The third-order valence-corrected chi connectivity index (χ3v) is 5.91. The van der Waals surface area contributed by atoms with Gasteiger partial charge in [0.2, 0.25) is 10.0 Å². The fourth-order valence-corrected chi connectivity index (χ4v) is 4.04. The quantitative estimate of drug-likeness (QED) is 0.752. The largest absolute Gasteiger partial charge is 0.356 e. The highest BCUT2D eigenvalue weighted by Gasteiger charge is 2.14. The first-order valence-corrected chi connectivity index (χ1v) is 9.06. The maximum Gasteiger partial charge on any atom is 0.250 e. The van der Waals surface area contributed by atoms with Crippen molar-refractivity contribution in [3.8, 4) is 11.3 Å². The van der Waals surface area contributed by atoms with Crippen molar-refractivity contribution in [3.05, 3.63) is 59.6 Å². The van der Waals surface area contributed by atoms with Crippen LogP contribution in [0, 0.1) is 0 Å². The van der Waals surface area contributed by atoms with E-state index in [0.29, 0.717) is 22.1 Å². The van der Waals surface area contributed by atoms with Gasteiger partial charge in [-0.15, -0.1) is 11.3 Å². The molecule has 0 radical (unpaired) electrons. The molecule has 0 saturated carbocycles. The molecule has 114 valence electrons. The van der Waals surface area contributed by atoms with E-state index in [0.717, 1.165) is 5.56 Å². The zero-order valence-corrected chi connectivity index (χ0v) is 13.2. The lowest BCUT2D eigenvalue weighted by Gasteiger charge is -2.02. The lowest BCUT2D eigenvalue weighted by Crippen LogP contribution is -2.25. The van der Waals surface area contributed by atoms with Gasteiger partial charge in [0.25, 0.3) is 0 Å². The van der Waals surface area contributed by atoms with Crippen molar-refractivity contribution < 1.29 is 12.9 Å². The summed E-state index contributed by atoms with van der Waals surface area (Å²) in [4.78, 5) is 0. The number of rotatable bonds is 6. The Morgan fingerprint density at radius 2 is 1.95 bits per heavy atom. The summed E-state index contributed by atoms with van der Waals surface area (Å²) in [6, 6.07) is 14.8. The molecule has 5 nitrogen and oxygen atoms in total. The molecule has 0 aliphatic rings. The van der Waals surface area contributed by atoms with E-state index in [4.69, 9.17) is 4.52 Å². The van der Waals surface area contributed by atoms with Crippen molar-refractivity contribution in [2.45, 2.75) is 10.6 Å². The Kier molecular flexibility index (Phi) is 4.37. The van der Waals surface area contributed by atoms with Crippen molar-refractivity contribution in [1.82, 2.24) is 9.88 Å². The van der Waals surface area contributed by atoms with Crippen molar-refractivity contribution in [2.75, 3.05) is 6.54 Å². The van der Waals surface area contributed by atoms with Crippen LogP contribution in [0.15, 0.2) is 62.6 Å². The van der Waals surface area contributed by atoms with Gasteiger partial charge >= 0.3 is 0 Å². The van der Waals surface area contributed by atoms with Crippen LogP contribution < -0.4 is 4.72 Å². The summed E-state index contributed by atoms with van der Waals surface area (Å²) in [7, 11) is -3.42. The lowest BCUT2D eigenvalue weighted by atomic mass is 10.1. The first kappa shape index (κ1) is 15.0. The third kappa shape index (κ3) is 3.44. The molecule has 0 fully saturated rings. The molecule has 1 N–H and O–H groups in total. The van der Waals surface area contributed by atoms with Crippen LogP contribution in [0.25, 0.3) is 11.3 Å². The zero-order chi connectivity index (χ0) is 15.4. The smallest absolute Gasteiger partial charge is 0.250 e. The highest BCUT2D eigenvalue weighted by atomic mass is 32.2. The number of nitrogens with one attached hydrogen (secondary N) is 1. The summed E-state index contributed by atoms with van der Waals surface area (Å²) >= 11 is 1.19. The number of sulfonamides is 1. The van der Waals surface area contributed by atoms with E-state index in [1.807, 2.05) is 36.4 Å². The van der Waals surface area contributed by atoms with Crippen LogP contribution in [0.1, 0.15) is 5.69 Å². The topological polar surface area (TPSA) is 72.2 Å². The zero-order valence-electron chi connectivity index (χ0n) is 11.6. The summed E-state index contributed by atoms with van der Waals surface area (Å²) in [5, 5.41) is 5.70. The number of hydrogen-bond donors (Lipinski definition) is 1. The Morgan fingerprint density at radius 1 is 1.14 bits per heavy atom. The summed E-state index contributed by atoms with van der Waals surface area (Å²) in [6.45, 7) is 0.279. The molecule has 0 unspecified atom stereocenters. The second kappa shape index (κ2) is 6.43. The Bertz CT molecular complexity index is 825. The van der Waals surface area contributed by atoms with E-state index in [-0.39, 0.29) is 6.54 Å². The van der Waals surface area contributed by atoms with Crippen molar-refractivity contribution >= 4 is 21.4 Å². The number of nitrogens with zero attached hydrogens (tertiary/aromatic N) is 1. The van der Waals surface area contributed by atoms with Crippen LogP contribution in [0.2, 0.25) is 0 Å². The standard InChI is InChI=1S/C15H14N2O3S2/c18-22(19,15-7-4-10-21-15)16-9-8-13-11-14(20-17-13)12-5-2-1-3-6-12/h1-7,10-11,16H,8-9H2. The van der Waals surface area contributed by atoms with Gasteiger partial charge in [-0.1, -0.05) is 41.6 Å². The fourth-order valence-electron chi connectivity index (χ4n) is 1.97. The first-order chi connectivity index (χ1) is 10.6. The summed E-state index contributed by atoms with van der Waals surface area (Å²) in [5.74, 6) is 0.678. The minimum absolute atomic E-state index is 0.279. The van der Waals surface area contributed by atoms with Crippen molar-refractivity contribution in [3.63, 3.8) is 0 Å². The van der Waals surface area contributed by atoms with Crippen LogP contribution in [-0.2, 0) is 16.4 Å². The van der Waals surface area contributed by atoms with Crippen LogP contribution in [0.4, 0.5) is 0 Å². The molecule has 0 aliphatic heterocycles. The van der Waals surface area contributed by atoms with Gasteiger partial charge in [0.15, 0.2) is 5.76 Å². The number of hydrogen-bond acceptors (Lipinski definition) is 5. The molecule has 0 spiro atoms. The van der Waals surface area contributed by atoms with Gasteiger partial charge in [-0.2, -0.15) is 0 Å². The molecule has 3 rings (SSSR count). The average molecular weight is 334 g/mol. The SMILES string of the molecule is O=S(=O)(NCCc1cc(-c2ccccc2)on1)c1cccs1. The highest BCUT2D eigenvalue weighted by molar-refractivity contribution is 7.91. The lowest BCUT2D eigenvalue weighted by molar-refractivity contribution is 0.423. The van der Waals surface area contributed by atoms with Gasteiger partial charge in [-0.3, -0.25) is 0 Å². The van der Waals surface area contributed by atoms with E-state index in [9.17, 15) is 8.42 Å². The van der Waals surface area contributed by atoms with Gasteiger partial charge in [0, 0.05) is 24.6 Å². The summed E-state index contributed by atoms with van der Waals surface area (Å²) in [6.07, 6.45) is 0.473. The predicted molar refractivity (Wildman–Crippen MR) is 85.2 cm³/mol. The summed E-state index contributed by atoms with van der Waals surface area (Å²) < 4.78 is 32.1. The van der Waals surface area contributed by atoms with Gasteiger partial charge < -0.3 is 4.52 Å². The van der Waals surface area contributed by atoms with Crippen LogP contribution in [-0.4, -0.2) is 20.1 Å². The summed E-state index contributed by atoms with van der Waals surface area (Å²) in [5.41, 5.74) is 1.66. The molecule has 1 aromatic carbocycles. The Labute approximate surface area is 132 Å². The minimum Gasteiger partial charge on any atom is -0.356 e. The molecule has 0 atom stereocenters. The van der Waals surface area contributed by atoms with Gasteiger partial charge in [-0.05, 0) is 11.4 Å². The first-order valence-electron chi connectivity index (χ1n) is 6.69. The van der Waals surface area contributed by atoms with Gasteiger partial charge in [-0.25, -0.2) is 13.1 Å². The molecule has 7 heteroatoms. The number of aromatic nitrogens is 1. The van der Waals surface area contributed by atoms with E-state index < -0.39 is 10.0 Å². The van der Waals surface area contributed by atoms with Crippen LogP contribution >= 0.6 is 11.3 Å². The Hall–Kier alpha value is -1.96. The molecular formula is C15H14N2O3S2. The molecule has 0 amide bonds. The molecule has 2 heterocycles. The van der Waals surface area contributed by atoms with E-state index in [2.05, 4.69) is 9.88 Å². The average Bonchev–Trinajstić information content (AvgIpc) is 3.20. The number of benzene rings is 1. The molecule has 3 aromatic rings. The Balaban J connectivity index is 1.60. The van der Waals surface area contributed by atoms with Crippen molar-refractivity contribution in [2.24, 2.45) is 0 Å². The molecule has 22 heavy (non-hydrogen) atoms. The van der Waals surface area contributed by atoms with E-state index in [1.54, 1.807) is 17.5 Å². The van der Waals surface area contributed by atoms with Crippen molar-refractivity contribution in [1.29, 1.82) is 0 Å². The van der Waals surface area contributed by atoms with Gasteiger partial charge in [0.05, 0.1) is 5.69 Å². The molecule has 0 aliphatic carbocycles. The predicted octanol–water partition coefficient (Wildman–Crippen LogP) is 2.92.